The molecule has 0 radical (unpaired) electrons. The summed E-state index contributed by atoms with van der Waals surface area (Å²) in [5.41, 5.74) is -1.09. The van der Waals surface area contributed by atoms with Gasteiger partial charge in [-0.3, -0.25) is 4.79 Å². The summed E-state index contributed by atoms with van der Waals surface area (Å²) < 4.78 is 0. The molecule has 0 aliphatic carbocycles. The highest BCUT2D eigenvalue weighted by molar-refractivity contribution is 5.87. The number of carboxylic acid groups (broad SMARTS) is 1. The van der Waals surface area contributed by atoms with Crippen molar-refractivity contribution in [2.45, 2.75) is 45.3 Å². The van der Waals surface area contributed by atoms with Crippen molar-refractivity contribution in [3.05, 3.63) is 0 Å². The van der Waals surface area contributed by atoms with Gasteiger partial charge in [0, 0.05) is 25.2 Å². The smallest absolute Gasteiger partial charge is 0.407 e. The topological polar surface area (TPSA) is 81.1 Å². The SMILES string of the molecule is CC(C)(C)N1CC(O)C2(CCN(C(=O)O)CC2)C1=O. The number of carbonyl (C=O) groups is 2. The van der Waals surface area contributed by atoms with Crippen LogP contribution in [0.2, 0.25) is 0 Å². The number of hydrogen-bond donors (Lipinski definition) is 2. The first kappa shape index (κ1) is 14.1. The monoisotopic (exact) mass is 270 g/mol. The number of amides is 2. The van der Waals surface area contributed by atoms with E-state index in [1.165, 1.54) is 4.90 Å². The van der Waals surface area contributed by atoms with Gasteiger partial charge in [-0.2, -0.15) is 0 Å². The van der Waals surface area contributed by atoms with Gasteiger partial charge in [0.15, 0.2) is 0 Å². The fourth-order valence-corrected chi connectivity index (χ4v) is 3.06. The van der Waals surface area contributed by atoms with Crippen molar-refractivity contribution >= 4 is 12.0 Å². The summed E-state index contributed by atoms with van der Waals surface area (Å²) in [7, 11) is 0. The molecule has 1 spiro atoms. The first-order chi connectivity index (χ1) is 8.68. The summed E-state index contributed by atoms with van der Waals surface area (Å²) in [4.78, 5) is 26.6. The van der Waals surface area contributed by atoms with E-state index in [4.69, 9.17) is 5.11 Å². The number of carbonyl (C=O) groups excluding carboxylic acids is 1. The third kappa shape index (κ3) is 2.18. The van der Waals surface area contributed by atoms with E-state index < -0.39 is 17.6 Å². The molecule has 2 N–H and O–H groups in total. The van der Waals surface area contributed by atoms with E-state index in [-0.39, 0.29) is 11.4 Å². The largest absolute Gasteiger partial charge is 0.465 e. The van der Waals surface area contributed by atoms with Gasteiger partial charge in [-0.1, -0.05) is 0 Å². The van der Waals surface area contributed by atoms with E-state index in [2.05, 4.69) is 0 Å². The van der Waals surface area contributed by atoms with E-state index >= 15 is 0 Å². The lowest BCUT2D eigenvalue weighted by molar-refractivity contribution is -0.144. The summed E-state index contributed by atoms with van der Waals surface area (Å²) in [5.74, 6) is -0.0301. The molecule has 6 nitrogen and oxygen atoms in total. The third-order valence-corrected chi connectivity index (χ3v) is 4.40. The summed E-state index contributed by atoms with van der Waals surface area (Å²) in [5, 5.41) is 19.3. The van der Waals surface area contributed by atoms with Crippen molar-refractivity contribution in [3.63, 3.8) is 0 Å². The predicted molar refractivity (Wildman–Crippen MR) is 68.7 cm³/mol. The third-order valence-electron chi connectivity index (χ3n) is 4.40. The molecule has 0 aromatic rings. The molecule has 6 heteroatoms. The van der Waals surface area contributed by atoms with Crippen LogP contribution in [0.3, 0.4) is 0 Å². The van der Waals surface area contributed by atoms with Crippen LogP contribution in [-0.2, 0) is 4.79 Å². The molecule has 2 rings (SSSR count). The molecular formula is C13H22N2O4. The van der Waals surface area contributed by atoms with Gasteiger partial charge in [-0.25, -0.2) is 4.79 Å². The predicted octanol–water partition coefficient (Wildman–Crippen LogP) is 0.748. The number of rotatable bonds is 0. The highest BCUT2D eigenvalue weighted by atomic mass is 16.4. The Morgan fingerprint density at radius 1 is 1.32 bits per heavy atom. The lowest BCUT2D eigenvalue weighted by Crippen LogP contribution is -2.51. The average molecular weight is 270 g/mol. The quantitative estimate of drug-likeness (QED) is 0.680. The second kappa shape index (κ2) is 4.37. The van der Waals surface area contributed by atoms with Crippen molar-refractivity contribution < 1.29 is 19.8 Å². The Morgan fingerprint density at radius 3 is 2.21 bits per heavy atom. The minimum atomic E-state index is -0.956. The van der Waals surface area contributed by atoms with E-state index in [1.54, 1.807) is 4.90 Å². The summed E-state index contributed by atoms with van der Waals surface area (Å²) in [6.45, 7) is 6.82. The molecule has 0 saturated carbocycles. The standard InChI is InChI=1S/C13H22N2O4/c1-12(2,3)15-8-9(16)13(10(15)17)4-6-14(7-5-13)11(18)19/h9,16H,4-8H2,1-3H3,(H,18,19). The van der Waals surface area contributed by atoms with Gasteiger partial charge in [0.2, 0.25) is 5.91 Å². The van der Waals surface area contributed by atoms with Crippen LogP contribution in [0, 0.1) is 5.41 Å². The molecule has 1 atom stereocenters. The Balaban J connectivity index is 2.17. The highest BCUT2D eigenvalue weighted by Crippen LogP contribution is 2.43. The molecular weight excluding hydrogens is 248 g/mol. The fraction of sp³-hybridized carbons (Fsp3) is 0.846. The van der Waals surface area contributed by atoms with Gasteiger partial charge >= 0.3 is 6.09 Å². The van der Waals surface area contributed by atoms with Gasteiger partial charge in [0.25, 0.3) is 0 Å². The normalized spacial score (nSPS) is 27.2. The Kier molecular flexibility index (Phi) is 3.24. The maximum absolute atomic E-state index is 12.6. The van der Waals surface area contributed by atoms with Crippen LogP contribution in [0.15, 0.2) is 0 Å². The number of aliphatic hydroxyl groups excluding tert-OH is 1. The Bertz CT molecular complexity index is 394. The number of aliphatic hydroxyl groups is 1. The summed E-state index contributed by atoms with van der Waals surface area (Å²) in [6, 6.07) is 0. The van der Waals surface area contributed by atoms with Crippen molar-refractivity contribution in [3.8, 4) is 0 Å². The second-order valence-electron chi connectivity index (χ2n) is 6.53. The molecule has 1 unspecified atom stereocenters. The van der Waals surface area contributed by atoms with Gasteiger partial charge < -0.3 is 20.0 Å². The van der Waals surface area contributed by atoms with Gasteiger partial charge in [-0.15, -0.1) is 0 Å². The Hall–Kier alpha value is -1.30. The molecule has 0 aromatic carbocycles. The van der Waals surface area contributed by atoms with Crippen LogP contribution in [0.1, 0.15) is 33.6 Å². The van der Waals surface area contributed by atoms with E-state index in [1.807, 2.05) is 20.8 Å². The molecule has 2 fully saturated rings. The molecule has 0 bridgehead atoms. The Labute approximate surface area is 113 Å². The lowest BCUT2D eigenvalue weighted by Gasteiger charge is -2.39. The lowest BCUT2D eigenvalue weighted by atomic mass is 9.75. The van der Waals surface area contributed by atoms with Crippen LogP contribution >= 0.6 is 0 Å². The first-order valence-corrected chi connectivity index (χ1v) is 6.66. The van der Waals surface area contributed by atoms with Crippen LogP contribution in [0.4, 0.5) is 4.79 Å². The summed E-state index contributed by atoms with van der Waals surface area (Å²) >= 11 is 0. The maximum atomic E-state index is 12.6. The van der Waals surface area contributed by atoms with Crippen LogP contribution in [-0.4, -0.2) is 63.3 Å². The zero-order valence-corrected chi connectivity index (χ0v) is 11.7. The average Bonchev–Trinajstić information content (AvgIpc) is 2.55. The van der Waals surface area contributed by atoms with Gasteiger partial charge in [0.1, 0.15) is 0 Å². The molecule has 2 aliphatic rings. The van der Waals surface area contributed by atoms with Gasteiger partial charge in [-0.05, 0) is 33.6 Å². The number of hydrogen-bond acceptors (Lipinski definition) is 3. The van der Waals surface area contributed by atoms with E-state index in [9.17, 15) is 14.7 Å². The number of nitrogens with zero attached hydrogens (tertiary/aromatic N) is 2. The minimum absolute atomic E-state index is 0.0301. The molecule has 2 aliphatic heterocycles. The van der Waals surface area contributed by atoms with Crippen molar-refractivity contribution in [2.24, 2.45) is 5.41 Å². The molecule has 19 heavy (non-hydrogen) atoms. The molecule has 0 aromatic heterocycles. The number of β-amino-alcohol motifs (C(OH)–C–C–N with tert-alkyl or cyclic N) is 1. The number of likely N-dealkylation sites (tertiary alicyclic amines) is 2. The zero-order chi connectivity index (χ0) is 14.4. The zero-order valence-electron chi connectivity index (χ0n) is 11.7. The first-order valence-electron chi connectivity index (χ1n) is 6.66. The van der Waals surface area contributed by atoms with Crippen molar-refractivity contribution in [1.82, 2.24) is 9.80 Å². The second-order valence-corrected chi connectivity index (χ2v) is 6.53. The van der Waals surface area contributed by atoms with Crippen molar-refractivity contribution in [1.29, 1.82) is 0 Å². The number of piperidine rings is 1. The van der Waals surface area contributed by atoms with E-state index in [0.29, 0.717) is 32.5 Å². The fourth-order valence-electron chi connectivity index (χ4n) is 3.06. The van der Waals surface area contributed by atoms with Crippen LogP contribution < -0.4 is 0 Å². The minimum Gasteiger partial charge on any atom is -0.465 e. The van der Waals surface area contributed by atoms with Gasteiger partial charge in [0.05, 0.1) is 11.5 Å². The van der Waals surface area contributed by atoms with E-state index in [0.717, 1.165) is 0 Å². The molecule has 2 amide bonds. The highest BCUT2D eigenvalue weighted by Gasteiger charge is 2.56. The summed E-state index contributed by atoms with van der Waals surface area (Å²) in [6.07, 6.45) is -0.838. The van der Waals surface area contributed by atoms with Crippen molar-refractivity contribution in [2.75, 3.05) is 19.6 Å². The van der Waals surface area contributed by atoms with Crippen LogP contribution in [0.25, 0.3) is 0 Å². The molecule has 108 valence electrons. The molecule has 2 heterocycles. The molecule has 2 saturated heterocycles. The Morgan fingerprint density at radius 2 is 1.84 bits per heavy atom. The maximum Gasteiger partial charge on any atom is 0.407 e. The van der Waals surface area contributed by atoms with Crippen LogP contribution in [0.5, 0.6) is 0 Å².